The minimum atomic E-state index is -4.74. The third-order valence-electron chi connectivity index (χ3n) is 15.2. The second-order valence-electron chi connectivity index (χ2n) is 20.5. The molecule has 1 spiro atoms. The fraction of sp³-hybridized carbons (Fsp3) is 0.519. The first-order valence-corrected chi connectivity index (χ1v) is 26.4. The summed E-state index contributed by atoms with van der Waals surface area (Å²) in [7, 11) is -3.03. The average Bonchev–Trinajstić information content (AvgIpc) is 3.71. The first-order chi connectivity index (χ1) is 34.4. The molecule has 386 valence electrons. The van der Waals surface area contributed by atoms with E-state index in [1.54, 1.807) is 33.1 Å². The number of hydrogen-bond donors (Lipinski definition) is 4. The number of H-pyrrole nitrogens is 1. The molecule has 2 saturated heterocycles. The zero-order valence-electron chi connectivity index (χ0n) is 41.5. The summed E-state index contributed by atoms with van der Waals surface area (Å²) in [6.45, 7) is 11.9. The highest BCUT2D eigenvalue weighted by molar-refractivity contribution is 7.90. The predicted molar refractivity (Wildman–Crippen MR) is 269 cm³/mol. The van der Waals surface area contributed by atoms with Gasteiger partial charge in [-0.3, -0.25) is 19.8 Å². The lowest BCUT2D eigenvalue weighted by molar-refractivity contribution is -0.384. The van der Waals surface area contributed by atoms with Crippen LogP contribution in [0.3, 0.4) is 0 Å². The van der Waals surface area contributed by atoms with Gasteiger partial charge in [-0.25, -0.2) is 22.5 Å². The molecule has 2 aliphatic carbocycles. The predicted octanol–water partition coefficient (Wildman–Crippen LogP) is 8.63. The zero-order chi connectivity index (χ0) is 51.0. The van der Waals surface area contributed by atoms with Crippen LogP contribution in [0.15, 0.2) is 71.9 Å². The van der Waals surface area contributed by atoms with Crippen LogP contribution in [-0.2, 0) is 19.5 Å². The number of carbonyl (C=O) groups excluding carboxylic acids is 1. The summed E-state index contributed by atoms with van der Waals surface area (Å²) in [6.07, 6.45) is 8.67. The number of anilines is 2. The Balaban J connectivity index is 0.941. The molecule has 4 N–H and O–H groups in total. The van der Waals surface area contributed by atoms with E-state index in [1.807, 2.05) is 0 Å². The normalized spacial score (nSPS) is 22.7. The van der Waals surface area contributed by atoms with Crippen LogP contribution in [0.2, 0.25) is 0 Å². The first kappa shape index (κ1) is 51.0. The summed E-state index contributed by atoms with van der Waals surface area (Å²) in [5.41, 5.74) is 2.22. The molecule has 0 bridgehead atoms. The molecular weight excluding hydrogens is 948 g/mol. The number of sulfonamides is 1. The number of methoxy groups -OCH3 is 1. The van der Waals surface area contributed by atoms with Gasteiger partial charge in [0, 0.05) is 69.4 Å². The van der Waals surface area contributed by atoms with Crippen molar-refractivity contribution in [3.8, 4) is 17.4 Å². The third kappa shape index (κ3) is 10.9. The Bertz CT molecular complexity index is 2890. The van der Waals surface area contributed by atoms with Crippen LogP contribution in [-0.4, -0.2) is 115 Å². The number of amides is 1. The van der Waals surface area contributed by atoms with Crippen molar-refractivity contribution >= 4 is 44.2 Å². The summed E-state index contributed by atoms with van der Waals surface area (Å²) in [5, 5.41) is 25.6. The SMILES string of the molecule is CCOc1nc2[nH]cc(F)c2cc1Oc1cc(N2CCC3(CC2)CC(N2C[C@@H](COC)OC[C@H]2c2ccccc2C(C)C)C3)ccc1C(=O)NS(=O)(=O)c1cnc(NCC2CCC(C)(O)CC2)c([N+](=O)[O-])c1. The number of rotatable bonds is 17. The molecule has 4 fully saturated rings. The Hall–Kier alpha value is -5.93. The fourth-order valence-corrected chi connectivity index (χ4v) is 12.0. The van der Waals surface area contributed by atoms with Crippen molar-refractivity contribution in [3.63, 3.8) is 0 Å². The van der Waals surface area contributed by atoms with Gasteiger partial charge < -0.3 is 39.3 Å². The highest BCUT2D eigenvalue weighted by Gasteiger charge is 2.50. The Kier molecular flexibility index (Phi) is 14.8. The number of nitrogens with zero attached hydrogens (tertiary/aromatic N) is 5. The van der Waals surface area contributed by atoms with Crippen LogP contribution in [0.5, 0.6) is 17.4 Å². The monoisotopic (exact) mass is 1010 g/mol. The van der Waals surface area contributed by atoms with Gasteiger partial charge in [-0.2, -0.15) is 4.98 Å². The lowest BCUT2D eigenvalue weighted by Crippen LogP contribution is -2.59. The molecule has 0 radical (unpaired) electrons. The van der Waals surface area contributed by atoms with Crippen LogP contribution in [0, 0.1) is 27.3 Å². The number of nitro groups is 1. The van der Waals surface area contributed by atoms with Crippen molar-refractivity contribution in [2.45, 2.75) is 114 Å². The summed E-state index contributed by atoms with van der Waals surface area (Å²) in [4.78, 5) is 41.2. The fourth-order valence-electron chi connectivity index (χ4n) is 11.1. The van der Waals surface area contributed by atoms with E-state index in [0.29, 0.717) is 70.5 Å². The van der Waals surface area contributed by atoms with E-state index < -0.39 is 42.9 Å². The molecule has 20 heteroatoms. The van der Waals surface area contributed by atoms with E-state index in [4.69, 9.17) is 18.9 Å². The lowest BCUT2D eigenvalue weighted by Gasteiger charge is -2.58. The van der Waals surface area contributed by atoms with Crippen LogP contribution in [0.25, 0.3) is 11.0 Å². The highest BCUT2D eigenvalue weighted by atomic mass is 32.2. The largest absolute Gasteiger partial charge is 0.475 e. The summed E-state index contributed by atoms with van der Waals surface area (Å²) in [6, 6.07) is 16.3. The van der Waals surface area contributed by atoms with Gasteiger partial charge in [-0.15, -0.1) is 0 Å². The minimum Gasteiger partial charge on any atom is -0.475 e. The molecule has 2 aromatic carbocycles. The Morgan fingerprint density at radius 3 is 2.54 bits per heavy atom. The molecule has 2 aliphatic heterocycles. The number of pyridine rings is 2. The maximum atomic E-state index is 14.9. The average molecular weight is 1010 g/mol. The Labute approximate surface area is 419 Å². The smallest absolute Gasteiger partial charge is 0.312 e. The quantitative estimate of drug-likeness (QED) is 0.0505. The van der Waals surface area contributed by atoms with Crippen LogP contribution >= 0.6 is 0 Å². The second-order valence-corrected chi connectivity index (χ2v) is 22.2. The topological polar surface area (TPSA) is 224 Å². The molecule has 2 atom stereocenters. The molecule has 3 aromatic heterocycles. The number of halogens is 1. The van der Waals surface area contributed by atoms with Crippen LogP contribution in [0.1, 0.15) is 113 Å². The van der Waals surface area contributed by atoms with Gasteiger partial charge in [-0.05, 0) is 106 Å². The van der Waals surface area contributed by atoms with E-state index in [1.165, 1.54) is 23.3 Å². The minimum absolute atomic E-state index is 0.00715. The number of aromatic amines is 1. The number of morpholine rings is 1. The van der Waals surface area contributed by atoms with Crippen molar-refractivity contribution in [2.75, 3.05) is 63.3 Å². The Morgan fingerprint density at radius 1 is 1.08 bits per heavy atom. The van der Waals surface area contributed by atoms with Gasteiger partial charge in [0.25, 0.3) is 21.8 Å². The highest BCUT2D eigenvalue weighted by Crippen LogP contribution is 2.54. The van der Waals surface area contributed by atoms with Gasteiger partial charge >= 0.3 is 5.69 Å². The zero-order valence-corrected chi connectivity index (χ0v) is 42.3. The van der Waals surface area contributed by atoms with Crippen molar-refractivity contribution < 1.29 is 46.6 Å². The summed E-state index contributed by atoms with van der Waals surface area (Å²) >= 11 is 0. The van der Waals surface area contributed by atoms with E-state index in [0.717, 1.165) is 56.4 Å². The van der Waals surface area contributed by atoms with Crippen molar-refractivity contribution in [1.82, 2.24) is 24.6 Å². The van der Waals surface area contributed by atoms with E-state index in [2.05, 4.69) is 72.9 Å². The number of hydrogen-bond acceptors (Lipinski definition) is 15. The summed E-state index contributed by atoms with van der Waals surface area (Å²) in [5.74, 6) is -1.33. The number of benzene rings is 2. The van der Waals surface area contributed by atoms with Crippen molar-refractivity contribution in [1.29, 1.82) is 0 Å². The number of piperidine rings is 1. The van der Waals surface area contributed by atoms with Gasteiger partial charge in [0.15, 0.2) is 5.75 Å². The number of fused-ring (bicyclic) bond motifs is 1. The first-order valence-electron chi connectivity index (χ1n) is 25.0. The van der Waals surface area contributed by atoms with Gasteiger partial charge in [0.05, 0.1) is 59.6 Å². The van der Waals surface area contributed by atoms with Crippen molar-refractivity contribution in [2.24, 2.45) is 11.3 Å². The van der Waals surface area contributed by atoms with E-state index in [-0.39, 0.29) is 69.9 Å². The number of nitrogens with one attached hydrogen (secondary N) is 3. The number of ether oxygens (including phenoxy) is 4. The molecule has 5 aromatic rings. The molecule has 5 heterocycles. The van der Waals surface area contributed by atoms with E-state index in [9.17, 15) is 32.8 Å². The molecule has 0 unspecified atom stereocenters. The molecule has 72 heavy (non-hydrogen) atoms. The maximum Gasteiger partial charge on any atom is 0.312 e. The standard InChI is InChI=1S/C52H65FN8O10S/c1-6-69-50-46(23-41-42(53)28-56-47(41)57-50)71-45-21-34(11-12-40(45)49(62)58-72(66,67)37-22-43(61(64)65)48(55-27-37)54-26-33-13-15-51(4,63)16-14-33)59-19-17-52(18-20-59)24-35(25-52)60-29-36(30-68-5)70-31-44(60)39-10-8-7-9-38(39)32(2)3/h7-12,21-23,27-28,32-33,35-36,44,63H,6,13-20,24-26,29-31H2,1-5H3,(H,54,55)(H,56,57)(H,58,62)/t33?,36-,44-,51?/m0/s1. The third-order valence-corrected chi connectivity index (χ3v) is 16.5. The molecule has 1 amide bonds. The van der Waals surface area contributed by atoms with Crippen LogP contribution < -0.4 is 24.4 Å². The maximum absolute atomic E-state index is 14.9. The molecule has 9 rings (SSSR count). The second kappa shape index (κ2) is 20.9. The molecule has 2 saturated carbocycles. The molecular formula is C52H65FN8O10S. The lowest BCUT2D eigenvalue weighted by atomic mass is 9.59. The Morgan fingerprint density at radius 2 is 1.83 bits per heavy atom. The van der Waals surface area contributed by atoms with Gasteiger partial charge in [-0.1, -0.05) is 38.1 Å². The van der Waals surface area contributed by atoms with E-state index >= 15 is 0 Å². The number of carbonyl (C=O) groups is 1. The van der Waals surface area contributed by atoms with Crippen molar-refractivity contribution in [3.05, 3.63) is 99.6 Å². The molecule has 18 nitrogen and oxygen atoms in total. The number of aromatic nitrogens is 3. The van der Waals surface area contributed by atoms with Crippen LogP contribution in [0.4, 0.5) is 21.6 Å². The summed E-state index contributed by atoms with van der Waals surface area (Å²) < 4.78 is 68.8. The van der Waals surface area contributed by atoms with Gasteiger partial charge in [0.2, 0.25) is 5.82 Å². The molecule has 4 aliphatic rings. The number of aliphatic hydroxyl groups is 1. The van der Waals surface area contributed by atoms with Gasteiger partial charge in [0.1, 0.15) is 22.1 Å².